The molecular weight excluding hydrogens is 370 g/mol. The van der Waals surface area contributed by atoms with Crippen LogP contribution in [0.3, 0.4) is 0 Å². The standard InChI is InChI=1S/C15H23N3O3S2.ClH/c16-11-3-5-12(6-4-11)17-15(19)14-13(7-10-22-14)23(20,21)18-8-1-2-9-18;/h7,10-12H,1-6,8-9,16H2,(H,17,19);1H. The van der Waals surface area contributed by atoms with Crippen molar-refractivity contribution in [2.75, 3.05) is 13.1 Å². The number of amides is 1. The molecule has 1 aromatic rings. The third-order valence-corrected chi connectivity index (χ3v) is 7.61. The lowest BCUT2D eigenvalue weighted by molar-refractivity contribution is 0.0927. The summed E-state index contributed by atoms with van der Waals surface area (Å²) in [6, 6.07) is 1.85. The molecule has 2 fully saturated rings. The summed E-state index contributed by atoms with van der Waals surface area (Å²) in [6.07, 6.45) is 5.27. The van der Waals surface area contributed by atoms with Crippen LogP contribution in [0, 0.1) is 0 Å². The van der Waals surface area contributed by atoms with E-state index in [9.17, 15) is 13.2 Å². The van der Waals surface area contributed by atoms with E-state index < -0.39 is 10.0 Å². The average Bonchev–Trinajstić information content (AvgIpc) is 3.21. The second kappa shape index (κ2) is 8.14. The van der Waals surface area contributed by atoms with Gasteiger partial charge < -0.3 is 11.1 Å². The van der Waals surface area contributed by atoms with Crippen LogP contribution in [0.15, 0.2) is 16.3 Å². The van der Waals surface area contributed by atoms with Crippen LogP contribution in [0.25, 0.3) is 0 Å². The molecule has 3 rings (SSSR count). The topological polar surface area (TPSA) is 92.5 Å². The molecule has 6 nitrogen and oxygen atoms in total. The second-order valence-corrected chi connectivity index (χ2v) is 9.13. The van der Waals surface area contributed by atoms with E-state index in [0.717, 1.165) is 38.5 Å². The van der Waals surface area contributed by atoms with Crippen LogP contribution in [0.1, 0.15) is 48.2 Å². The SMILES string of the molecule is Cl.NC1CCC(NC(=O)c2sccc2S(=O)(=O)N2CCCC2)CC1. The molecule has 136 valence electrons. The molecule has 1 saturated heterocycles. The highest BCUT2D eigenvalue weighted by atomic mass is 35.5. The molecule has 1 aliphatic heterocycles. The van der Waals surface area contributed by atoms with E-state index in [1.54, 1.807) is 11.4 Å². The Balaban J connectivity index is 0.00000208. The summed E-state index contributed by atoms with van der Waals surface area (Å²) in [5.74, 6) is -0.279. The van der Waals surface area contributed by atoms with Gasteiger partial charge in [-0.15, -0.1) is 23.7 Å². The third kappa shape index (κ3) is 4.11. The molecule has 1 saturated carbocycles. The van der Waals surface area contributed by atoms with Crippen LogP contribution in [-0.2, 0) is 10.0 Å². The molecule has 24 heavy (non-hydrogen) atoms. The van der Waals surface area contributed by atoms with Crippen molar-refractivity contribution in [1.82, 2.24) is 9.62 Å². The predicted molar refractivity (Wildman–Crippen MR) is 97.3 cm³/mol. The van der Waals surface area contributed by atoms with Crippen LogP contribution in [0.5, 0.6) is 0 Å². The largest absolute Gasteiger partial charge is 0.349 e. The summed E-state index contributed by atoms with van der Waals surface area (Å²) in [4.78, 5) is 13.0. The Bertz CT molecular complexity index is 663. The summed E-state index contributed by atoms with van der Waals surface area (Å²) in [5, 5.41) is 4.65. The van der Waals surface area contributed by atoms with E-state index in [0.29, 0.717) is 18.0 Å². The summed E-state index contributed by atoms with van der Waals surface area (Å²) < 4.78 is 26.9. The predicted octanol–water partition coefficient (Wildman–Crippen LogP) is 1.95. The van der Waals surface area contributed by atoms with Crippen molar-refractivity contribution in [3.8, 4) is 0 Å². The minimum Gasteiger partial charge on any atom is -0.349 e. The van der Waals surface area contributed by atoms with Gasteiger partial charge in [0.05, 0.1) is 0 Å². The number of rotatable bonds is 4. The van der Waals surface area contributed by atoms with Gasteiger partial charge in [-0.25, -0.2) is 8.42 Å². The first-order valence-corrected chi connectivity index (χ1v) is 10.4. The van der Waals surface area contributed by atoms with Crippen LogP contribution < -0.4 is 11.1 Å². The van der Waals surface area contributed by atoms with Crippen LogP contribution in [0.2, 0.25) is 0 Å². The number of carbonyl (C=O) groups excluding carboxylic acids is 1. The Hall–Kier alpha value is -0.670. The first-order valence-electron chi connectivity index (χ1n) is 8.12. The van der Waals surface area contributed by atoms with Crippen molar-refractivity contribution in [3.63, 3.8) is 0 Å². The number of thiophene rings is 1. The summed E-state index contributed by atoms with van der Waals surface area (Å²) in [7, 11) is -3.56. The van der Waals surface area contributed by atoms with Gasteiger partial charge >= 0.3 is 0 Å². The van der Waals surface area contributed by atoms with Crippen molar-refractivity contribution in [3.05, 3.63) is 16.3 Å². The molecular formula is C15H24ClN3O3S2. The van der Waals surface area contributed by atoms with Gasteiger partial charge in [-0.05, 0) is 50.0 Å². The van der Waals surface area contributed by atoms with Crippen LogP contribution >= 0.6 is 23.7 Å². The molecule has 0 radical (unpaired) electrons. The van der Waals surface area contributed by atoms with Gasteiger partial charge in [-0.3, -0.25) is 4.79 Å². The zero-order valence-electron chi connectivity index (χ0n) is 13.4. The fraction of sp³-hybridized carbons (Fsp3) is 0.667. The normalized spacial score (nSPS) is 25.2. The van der Waals surface area contributed by atoms with E-state index >= 15 is 0 Å². The van der Waals surface area contributed by atoms with Gasteiger partial charge in [0.25, 0.3) is 5.91 Å². The Kier molecular flexibility index (Phi) is 6.66. The van der Waals surface area contributed by atoms with Crippen LogP contribution in [-0.4, -0.2) is 43.8 Å². The zero-order valence-corrected chi connectivity index (χ0v) is 15.9. The summed E-state index contributed by atoms with van der Waals surface area (Å²) in [5.41, 5.74) is 5.88. The fourth-order valence-electron chi connectivity index (χ4n) is 3.25. The molecule has 2 aliphatic rings. The van der Waals surface area contributed by atoms with Crippen molar-refractivity contribution >= 4 is 39.7 Å². The monoisotopic (exact) mass is 393 g/mol. The van der Waals surface area contributed by atoms with E-state index in [4.69, 9.17) is 5.73 Å². The molecule has 0 unspecified atom stereocenters. The van der Waals surface area contributed by atoms with E-state index in [1.165, 1.54) is 15.6 Å². The highest BCUT2D eigenvalue weighted by Crippen LogP contribution is 2.28. The highest BCUT2D eigenvalue weighted by Gasteiger charge is 2.32. The number of nitrogens with zero attached hydrogens (tertiary/aromatic N) is 1. The molecule has 9 heteroatoms. The van der Waals surface area contributed by atoms with Gasteiger partial charge in [0, 0.05) is 25.2 Å². The number of carbonyl (C=O) groups is 1. The fourth-order valence-corrected chi connectivity index (χ4v) is 6.07. The number of hydrogen-bond acceptors (Lipinski definition) is 5. The molecule has 1 amide bonds. The first kappa shape index (κ1) is 19.7. The maximum absolute atomic E-state index is 12.7. The Morgan fingerprint density at radius 1 is 1.21 bits per heavy atom. The quantitative estimate of drug-likeness (QED) is 0.817. The molecule has 0 atom stereocenters. The Morgan fingerprint density at radius 3 is 2.46 bits per heavy atom. The third-order valence-electron chi connectivity index (χ3n) is 4.63. The van der Waals surface area contributed by atoms with E-state index in [-0.39, 0.29) is 35.3 Å². The minimum atomic E-state index is -3.56. The number of sulfonamides is 1. The van der Waals surface area contributed by atoms with Gasteiger partial charge in [-0.1, -0.05) is 0 Å². The number of hydrogen-bond donors (Lipinski definition) is 2. The average molecular weight is 394 g/mol. The lowest BCUT2D eigenvalue weighted by atomic mass is 9.92. The van der Waals surface area contributed by atoms with E-state index in [1.807, 2.05) is 0 Å². The highest BCUT2D eigenvalue weighted by molar-refractivity contribution is 7.89. The summed E-state index contributed by atoms with van der Waals surface area (Å²) >= 11 is 1.19. The van der Waals surface area contributed by atoms with Crippen molar-refractivity contribution < 1.29 is 13.2 Å². The maximum atomic E-state index is 12.7. The number of nitrogens with one attached hydrogen (secondary N) is 1. The van der Waals surface area contributed by atoms with Crippen molar-refractivity contribution in [1.29, 1.82) is 0 Å². The lowest BCUT2D eigenvalue weighted by Crippen LogP contribution is -2.40. The van der Waals surface area contributed by atoms with Crippen LogP contribution in [0.4, 0.5) is 0 Å². The van der Waals surface area contributed by atoms with Crippen molar-refractivity contribution in [2.45, 2.75) is 55.5 Å². The molecule has 2 heterocycles. The Morgan fingerprint density at radius 2 is 1.83 bits per heavy atom. The Labute approximate surface area is 153 Å². The van der Waals surface area contributed by atoms with E-state index in [2.05, 4.69) is 5.32 Å². The van der Waals surface area contributed by atoms with Gasteiger partial charge in [0.2, 0.25) is 10.0 Å². The number of halogens is 1. The first-order chi connectivity index (χ1) is 11.0. The molecule has 1 aromatic heterocycles. The lowest BCUT2D eigenvalue weighted by Gasteiger charge is -2.26. The maximum Gasteiger partial charge on any atom is 0.262 e. The summed E-state index contributed by atoms with van der Waals surface area (Å²) in [6.45, 7) is 1.08. The molecule has 0 aromatic carbocycles. The van der Waals surface area contributed by atoms with Gasteiger partial charge in [-0.2, -0.15) is 4.31 Å². The molecule has 0 bridgehead atoms. The number of nitrogens with two attached hydrogens (primary N) is 1. The second-order valence-electron chi connectivity index (χ2n) is 6.31. The van der Waals surface area contributed by atoms with Gasteiger partial charge in [0.15, 0.2) is 0 Å². The molecule has 0 spiro atoms. The van der Waals surface area contributed by atoms with Crippen molar-refractivity contribution in [2.24, 2.45) is 5.73 Å². The zero-order chi connectivity index (χ0) is 16.4. The molecule has 1 aliphatic carbocycles. The smallest absolute Gasteiger partial charge is 0.262 e. The molecule has 3 N–H and O–H groups in total. The van der Waals surface area contributed by atoms with Gasteiger partial charge in [0.1, 0.15) is 9.77 Å². The minimum absolute atomic E-state index is 0.